The fourth-order valence-electron chi connectivity index (χ4n) is 2.43. The third-order valence-electron chi connectivity index (χ3n) is 3.89. The van der Waals surface area contributed by atoms with Gasteiger partial charge in [-0.2, -0.15) is 0 Å². The minimum atomic E-state index is -2.35. The van der Waals surface area contributed by atoms with Gasteiger partial charge in [-0.05, 0) is 31.7 Å². The molecule has 0 fully saturated rings. The Morgan fingerprint density at radius 3 is 2.30 bits per heavy atom. The summed E-state index contributed by atoms with van der Waals surface area (Å²) in [6.07, 6.45) is 10.2. The van der Waals surface area contributed by atoms with Gasteiger partial charge in [0.05, 0.1) is 7.11 Å². The van der Waals surface area contributed by atoms with Crippen LogP contribution in [0.1, 0.15) is 51.4 Å². The first-order chi connectivity index (χ1) is 11.1. The van der Waals surface area contributed by atoms with Gasteiger partial charge < -0.3 is 9.30 Å². The Hall–Kier alpha value is -1.34. The molecule has 1 aromatic rings. The molecule has 0 amide bonds. The van der Waals surface area contributed by atoms with Crippen LogP contribution in [0.2, 0.25) is 0 Å². The molecule has 0 spiro atoms. The van der Waals surface area contributed by atoms with Gasteiger partial charge in [-0.15, -0.1) is 0 Å². The van der Waals surface area contributed by atoms with Gasteiger partial charge in [-0.25, -0.2) is 0 Å². The van der Waals surface area contributed by atoms with Gasteiger partial charge in [-0.3, -0.25) is 4.79 Å². The van der Waals surface area contributed by atoms with Crippen LogP contribution in [0.25, 0.3) is 0 Å². The normalized spacial score (nSPS) is 13.8. The predicted molar refractivity (Wildman–Crippen MR) is 97.7 cm³/mol. The van der Waals surface area contributed by atoms with Gasteiger partial charge in [0.25, 0.3) is 0 Å². The monoisotopic (exact) mass is 336 g/mol. The molecule has 0 aliphatic heterocycles. The number of rotatable bonds is 11. The molecule has 1 aromatic carbocycles. The van der Waals surface area contributed by atoms with Crippen LogP contribution >= 0.6 is 7.14 Å². The molecule has 4 heteroatoms. The number of carbonyl (C=O) groups is 1. The van der Waals surface area contributed by atoms with E-state index in [0.29, 0.717) is 6.42 Å². The number of carbonyl (C=O) groups excluding carboxylic acids is 1. The van der Waals surface area contributed by atoms with Crippen molar-refractivity contribution in [1.82, 2.24) is 0 Å². The minimum Gasteiger partial charge on any atom is -0.469 e. The number of hydrogen-bond donors (Lipinski definition) is 0. The van der Waals surface area contributed by atoms with E-state index in [1.165, 1.54) is 20.0 Å². The van der Waals surface area contributed by atoms with Crippen molar-refractivity contribution in [3.8, 4) is 0 Å². The lowest BCUT2D eigenvalue weighted by atomic mass is 10.1. The van der Waals surface area contributed by atoms with Crippen LogP contribution < -0.4 is 5.30 Å². The molecular weight excluding hydrogens is 307 g/mol. The van der Waals surface area contributed by atoms with E-state index in [1.807, 2.05) is 42.8 Å². The van der Waals surface area contributed by atoms with Gasteiger partial charge in [0.15, 0.2) is 0 Å². The Kier molecular flexibility index (Phi) is 9.63. The average Bonchev–Trinajstić information content (AvgIpc) is 2.57. The van der Waals surface area contributed by atoms with Gasteiger partial charge in [0, 0.05) is 11.7 Å². The van der Waals surface area contributed by atoms with Crippen LogP contribution in [-0.4, -0.2) is 19.7 Å². The highest BCUT2D eigenvalue weighted by Crippen LogP contribution is 2.41. The summed E-state index contributed by atoms with van der Waals surface area (Å²) in [6, 6.07) is 9.66. The van der Waals surface area contributed by atoms with Gasteiger partial charge in [0.2, 0.25) is 0 Å². The Morgan fingerprint density at radius 2 is 1.65 bits per heavy atom. The van der Waals surface area contributed by atoms with E-state index in [4.69, 9.17) is 0 Å². The first-order valence-electron chi connectivity index (χ1n) is 8.43. The van der Waals surface area contributed by atoms with E-state index < -0.39 is 7.14 Å². The Bertz CT molecular complexity index is 523. The second-order valence-electron chi connectivity index (χ2n) is 5.95. The molecule has 0 aliphatic carbocycles. The summed E-state index contributed by atoms with van der Waals surface area (Å²) in [4.78, 5) is 10.9. The van der Waals surface area contributed by atoms with Crippen molar-refractivity contribution < 1.29 is 14.1 Å². The van der Waals surface area contributed by atoms with Gasteiger partial charge >= 0.3 is 5.97 Å². The van der Waals surface area contributed by atoms with Crippen LogP contribution in [0.3, 0.4) is 0 Å². The topological polar surface area (TPSA) is 43.4 Å². The van der Waals surface area contributed by atoms with Gasteiger partial charge in [-0.1, -0.05) is 62.1 Å². The SMILES string of the molecule is COC(=O)CCCCCCCC/C=C/P(C)(=O)c1ccccc1. The van der Waals surface area contributed by atoms with E-state index in [0.717, 1.165) is 37.4 Å². The van der Waals surface area contributed by atoms with E-state index in [2.05, 4.69) is 10.8 Å². The zero-order chi connectivity index (χ0) is 17.0. The number of unbranched alkanes of at least 4 members (excludes halogenated alkanes) is 6. The van der Waals surface area contributed by atoms with Crippen LogP contribution in [0, 0.1) is 0 Å². The maximum Gasteiger partial charge on any atom is 0.305 e. The molecule has 0 saturated carbocycles. The zero-order valence-electron chi connectivity index (χ0n) is 14.4. The number of benzene rings is 1. The van der Waals surface area contributed by atoms with E-state index in [9.17, 15) is 9.36 Å². The lowest BCUT2D eigenvalue weighted by Gasteiger charge is -2.07. The molecule has 1 atom stereocenters. The Labute approximate surface area is 140 Å². The summed E-state index contributed by atoms with van der Waals surface area (Å²) in [6.45, 7) is 1.82. The van der Waals surface area contributed by atoms with E-state index in [1.54, 1.807) is 0 Å². The van der Waals surface area contributed by atoms with Crippen LogP contribution in [0.4, 0.5) is 0 Å². The molecular formula is C19H29O3P. The lowest BCUT2D eigenvalue weighted by molar-refractivity contribution is -0.140. The molecule has 3 nitrogen and oxygen atoms in total. The molecule has 1 unspecified atom stereocenters. The fraction of sp³-hybridized carbons (Fsp3) is 0.526. The molecule has 0 N–H and O–H groups in total. The van der Waals surface area contributed by atoms with Crippen molar-refractivity contribution >= 4 is 18.4 Å². The molecule has 1 rings (SSSR count). The molecule has 0 heterocycles. The molecule has 0 radical (unpaired) electrons. The third kappa shape index (κ3) is 8.76. The lowest BCUT2D eigenvalue weighted by Crippen LogP contribution is -1.99. The summed E-state index contributed by atoms with van der Waals surface area (Å²) in [5.74, 6) is 1.77. The Morgan fingerprint density at radius 1 is 1.04 bits per heavy atom. The maximum atomic E-state index is 12.6. The first kappa shape index (κ1) is 19.7. The fourth-order valence-corrected chi connectivity index (χ4v) is 3.91. The minimum absolute atomic E-state index is 0.113. The van der Waals surface area contributed by atoms with Gasteiger partial charge in [0.1, 0.15) is 7.14 Å². The average molecular weight is 336 g/mol. The van der Waals surface area contributed by atoms with E-state index in [-0.39, 0.29) is 5.97 Å². The Balaban J connectivity index is 2.09. The second kappa shape index (κ2) is 11.2. The second-order valence-corrected chi connectivity index (χ2v) is 8.74. The first-order valence-corrected chi connectivity index (χ1v) is 10.7. The molecule has 23 heavy (non-hydrogen) atoms. The number of ether oxygens (including phenoxy) is 1. The number of allylic oxidation sites excluding steroid dienone is 1. The summed E-state index contributed by atoms with van der Waals surface area (Å²) in [5.41, 5.74) is 0. The largest absolute Gasteiger partial charge is 0.469 e. The van der Waals surface area contributed by atoms with Crippen LogP contribution in [0.5, 0.6) is 0 Å². The summed E-state index contributed by atoms with van der Waals surface area (Å²) in [7, 11) is -0.919. The number of esters is 1. The predicted octanol–water partition coefficient (Wildman–Crippen LogP) is 5.11. The van der Waals surface area contributed by atoms with Crippen molar-refractivity contribution in [2.24, 2.45) is 0 Å². The maximum absolute atomic E-state index is 12.6. The standard InChI is InChI=1S/C19H29O3P/c1-22-19(20)16-12-7-5-3-4-6-8-13-17-23(2,21)18-14-10-9-11-15-18/h9-11,13-15,17H,3-8,12,16H2,1-2H3/b17-13+. The molecule has 0 aromatic heterocycles. The third-order valence-corrected chi connectivity index (χ3v) is 5.99. The smallest absolute Gasteiger partial charge is 0.305 e. The van der Waals surface area contributed by atoms with Crippen molar-refractivity contribution in [2.75, 3.05) is 13.8 Å². The van der Waals surface area contributed by atoms with Crippen molar-refractivity contribution in [3.05, 3.63) is 42.2 Å². The number of methoxy groups -OCH3 is 1. The van der Waals surface area contributed by atoms with Crippen molar-refractivity contribution in [2.45, 2.75) is 51.4 Å². The van der Waals surface area contributed by atoms with E-state index >= 15 is 0 Å². The zero-order valence-corrected chi connectivity index (χ0v) is 15.3. The summed E-state index contributed by atoms with van der Waals surface area (Å²) >= 11 is 0. The summed E-state index contributed by atoms with van der Waals surface area (Å²) in [5, 5.41) is 0.918. The molecule has 0 aliphatic rings. The van der Waals surface area contributed by atoms with Crippen molar-refractivity contribution in [3.63, 3.8) is 0 Å². The molecule has 128 valence electrons. The quantitative estimate of drug-likeness (QED) is 0.320. The highest BCUT2D eigenvalue weighted by atomic mass is 31.2. The highest BCUT2D eigenvalue weighted by molar-refractivity contribution is 7.73. The van der Waals surface area contributed by atoms with Crippen LogP contribution in [0.15, 0.2) is 42.2 Å². The number of hydrogen-bond acceptors (Lipinski definition) is 3. The molecule has 0 bridgehead atoms. The van der Waals surface area contributed by atoms with Crippen molar-refractivity contribution in [1.29, 1.82) is 0 Å². The summed E-state index contributed by atoms with van der Waals surface area (Å²) < 4.78 is 17.2. The van der Waals surface area contributed by atoms with Crippen LogP contribution in [-0.2, 0) is 14.1 Å². The highest BCUT2D eigenvalue weighted by Gasteiger charge is 2.12. The molecule has 0 saturated heterocycles.